The van der Waals surface area contributed by atoms with Gasteiger partial charge < -0.3 is 29.3 Å². The number of nitrogens with one attached hydrogen (secondary N) is 3. The molecular weight excluding hydrogens is 382 g/mol. The normalized spacial score (nSPS) is 19.6. The van der Waals surface area contributed by atoms with E-state index in [0.717, 1.165) is 49.8 Å². The van der Waals surface area contributed by atoms with Gasteiger partial charge in [-0.25, -0.2) is 0 Å². The molecule has 0 saturated carbocycles. The lowest BCUT2D eigenvalue weighted by atomic mass is 10.1. The van der Waals surface area contributed by atoms with E-state index < -0.39 is 0 Å². The highest BCUT2D eigenvalue weighted by Crippen LogP contribution is 2.24. The summed E-state index contributed by atoms with van der Waals surface area (Å²) in [6.07, 6.45) is 0. The van der Waals surface area contributed by atoms with Crippen LogP contribution < -0.4 is 29.3 Å². The highest BCUT2D eigenvalue weighted by atomic mass is 16.5. The van der Waals surface area contributed by atoms with Gasteiger partial charge in [-0.15, -0.1) is 0 Å². The minimum absolute atomic E-state index is 0.0208. The topological polar surface area (TPSA) is 65.7 Å². The van der Waals surface area contributed by atoms with Crippen molar-refractivity contribution < 1.29 is 28.8 Å². The molecule has 0 radical (unpaired) electrons. The molecule has 1 heterocycles. The van der Waals surface area contributed by atoms with Gasteiger partial charge in [0.15, 0.2) is 6.04 Å². The average molecular weight is 416 g/mol. The second-order valence-corrected chi connectivity index (χ2v) is 7.67. The first kappa shape index (κ1) is 21.9. The molecule has 1 aliphatic rings. The van der Waals surface area contributed by atoms with Crippen molar-refractivity contribution in [2.75, 3.05) is 52.8 Å². The maximum atomic E-state index is 12.8. The van der Waals surface area contributed by atoms with Crippen LogP contribution >= 0.6 is 0 Å². The summed E-state index contributed by atoms with van der Waals surface area (Å²) in [5.41, 5.74) is 1.86. The fourth-order valence-corrected chi connectivity index (χ4v) is 4.00. The number of benzene rings is 2. The Labute approximate surface area is 178 Å². The van der Waals surface area contributed by atoms with E-state index in [1.54, 1.807) is 21.3 Å². The molecule has 1 saturated heterocycles. The number of piperazine rings is 1. The number of carbonyl (C=O) groups excluding carboxylic acids is 1. The first-order valence-corrected chi connectivity index (χ1v) is 10.4. The average Bonchev–Trinajstić information content (AvgIpc) is 2.79. The minimum Gasteiger partial charge on any atom is -0.497 e. The van der Waals surface area contributed by atoms with Crippen LogP contribution in [-0.4, -0.2) is 59.5 Å². The van der Waals surface area contributed by atoms with Gasteiger partial charge in [0.2, 0.25) is 0 Å². The van der Waals surface area contributed by atoms with Gasteiger partial charge in [-0.05, 0) is 37.3 Å². The molecule has 30 heavy (non-hydrogen) atoms. The molecule has 3 N–H and O–H groups in total. The molecule has 0 unspecified atom stereocenters. The van der Waals surface area contributed by atoms with Gasteiger partial charge in [0, 0.05) is 0 Å². The van der Waals surface area contributed by atoms with Crippen LogP contribution in [0.3, 0.4) is 0 Å². The van der Waals surface area contributed by atoms with Crippen LogP contribution in [-0.2, 0) is 11.3 Å². The molecule has 0 aromatic heterocycles. The third-order valence-corrected chi connectivity index (χ3v) is 5.90. The van der Waals surface area contributed by atoms with Crippen molar-refractivity contribution in [2.45, 2.75) is 19.5 Å². The highest BCUT2D eigenvalue weighted by Gasteiger charge is 2.31. The van der Waals surface area contributed by atoms with Crippen molar-refractivity contribution in [2.24, 2.45) is 0 Å². The molecule has 1 aliphatic heterocycles. The summed E-state index contributed by atoms with van der Waals surface area (Å²) in [4.78, 5) is 15.6. The van der Waals surface area contributed by atoms with Crippen LogP contribution in [0.2, 0.25) is 0 Å². The van der Waals surface area contributed by atoms with Crippen LogP contribution in [0, 0.1) is 0 Å². The van der Waals surface area contributed by atoms with Crippen molar-refractivity contribution in [3.63, 3.8) is 0 Å². The fraction of sp³-hybridized carbons (Fsp3) is 0.435. The number of ether oxygens (including phenoxy) is 3. The van der Waals surface area contributed by atoms with E-state index in [1.807, 2.05) is 49.4 Å². The lowest BCUT2D eigenvalue weighted by Gasteiger charge is -2.32. The number of hydrogen-bond acceptors (Lipinski definition) is 4. The Kier molecular flexibility index (Phi) is 7.54. The number of rotatable bonds is 8. The van der Waals surface area contributed by atoms with E-state index in [4.69, 9.17) is 14.2 Å². The molecule has 7 nitrogen and oxygen atoms in total. The van der Waals surface area contributed by atoms with Crippen molar-refractivity contribution in [3.8, 4) is 17.2 Å². The number of amides is 1. The summed E-state index contributed by atoms with van der Waals surface area (Å²) >= 11 is 0. The SMILES string of the molecule is COc1ccc(OC)c(C[NH+]2CC[NH+]([C@H](C)C(=O)Nc3ccccc3OC)CC2)c1. The summed E-state index contributed by atoms with van der Waals surface area (Å²) in [5, 5.41) is 3.02. The largest absolute Gasteiger partial charge is 0.497 e. The number of methoxy groups -OCH3 is 3. The summed E-state index contributed by atoms with van der Waals surface area (Å²) in [6, 6.07) is 13.3. The summed E-state index contributed by atoms with van der Waals surface area (Å²) in [5.74, 6) is 2.43. The van der Waals surface area contributed by atoms with Gasteiger partial charge in [0.25, 0.3) is 5.91 Å². The first-order valence-electron chi connectivity index (χ1n) is 10.4. The van der Waals surface area contributed by atoms with Crippen LogP contribution in [0.15, 0.2) is 42.5 Å². The number of para-hydroxylation sites is 2. The molecule has 0 spiro atoms. The van der Waals surface area contributed by atoms with E-state index in [0.29, 0.717) is 11.4 Å². The van der Waals surface area contributed by atoms with Gasteiger partial charge in [0.05, 0.1) is 32.6 Å². The van der Waals surface area contributed by atoms with E-state index in [1.165, 1.54) is 9.80 Å². The first-order chi connectivity index (χ1) is 14.5. The van der Waals surface area contributed by atoms with Crippen LogP contribution in [0.1, 0.15) is 12.5 Å². The second kappa shape index (κ2) is 10.3. The summed E-state index contributed by atoms with van der Waals surface area (Å²) < 4.78 is 16.2. The monoisotopic (exact) mass is 415 g/mol. The molecular formula is C23H33N3O4+2. The lowest BCUT2D eigenvalue weighted by molar-refractivity contribution is -1.02. The smallest absolute Gasteiger partial charge is 0.282 e. The molecule has 2 aromatic rings. The van der Waals surface area contributed by atoms with Gasteiger partial charge in [0.1, 0.15) is 50.0 Å². The summed E-state index contributed by atoms with van der Waals surface area (Å²) in [6.45, 7) is 6.78. The Morgan fingerprint density at radius 3 is 2.33 bits per heavy atom. The van der Waals surface area contributed by atoms with Crippen LogP contribution in [0.25, 0.3) is 0 Å². The Morgan fingerprint density at radius 2 is 1.67 bits per heavy atom. The predicted molar refractivity (Wildman–Crippen MR) is 116 cm³/mol. The number of hydrogen-bond donors (Lipinski definition) is 3. The molecule has 7 heteroatoms. The number of carbonyl (C=O) groups is 1. The van der Waals surface area contributed by atoms with Crippen molar-refractivity contribution in [3.05, 3.63) is 48.0 Å². The van der Waals surface area contributed by atoms with Gasteiger partial charge in [-0.3, -0.25) is 4.79 Å². The van der Waals surface area contributed by atoms with E-state index in [2.05, 4.69) is 5.32 Å². The molecule has 0 aliphatic carbocycles. The number of anilines is 1. The predicted octanol–water partition coefficient (Wildman–Crippen LogP) is 0.0230. The maximum Gasteiger partial charge on any atom is 0.282 e. The van der Waals surface area contributed by atoms with Crippen LogP contribution in [0.5, 0.6) is 17.2 Å². The minimum atomic E-state index is -0.122. The molecule has 2 aromatic carbocycles. The third kappa shape index (κ3) is 5.23. The summed E-state index contributed by atoms with van der Waals surface area (Å²) in [7, 11) is 4.99. The van der Waals surface area contributed by atoms with Gasteiger partial charge in [-0.2, -0.15) is 0 Å². The van der Waals surface area contributed by atoms with Gasteiger partial charge >= 0.3 is 0 Å². The molecule has 162 valence electrons. The Morgan fingerprint density at radius 1 is 0.967 bits per heavy atom. The van der Waals surface area contributed by atoms with Crippen molar-refractivity contribution >= 4 is 11.6 Å². The fourth-order valence-electron chi connectivity index (χ4n) is 4.00. The Balaban J connectivity index is 1.55. The second-order valence-electron chi connectivity index (χ2n) is 7.67. The van der Waals surface area contributed by atoms with E-state index >= 15 is 0 Å². The molecule has 1 amide bonds. The van der Waals surface area contributed by atoms with E-state index in [9.17, 15) is 4.79 Å². The van der Waals surface area contributed by atoms with Gasteiger partial charge in [-0.1, -0.05) is 12.1 Å². The zero-order chi connectivity index (χ0) is 21.5. The highest BCUT2D eigenvalue weighted by molar-refractivity contribution is 5.94. The molecule has 0 bridgehead atoms. The quantitative estimate of drug-likeness (QED) is 0.569. The van der Waals surface area contributed by atoms with E-state index in [-0.39, 0.29) is 11.9 Å². The third-order valence-electron chi connectivity index (χ3n) is 5.90. The van der Waals surface area contributed by atoms with Crippen molar-refractivity contribution in [1.29, 1.82) is 0 Å². The Bertz CT molecular complexity index is 850. The maximum absolute atomic E-state index is 12.8. The lowest BCUT2D eigenvalue weighted by Crippen LogP contribution is -3.29. The van der Waals surface area contributed by atoms with Crippen molar-refractivity contribution in [1.82, 2.24) is 0 Å². The standard InChI is InChI=1S/C23H31N3O4/c1-17(23(27)24-20-7-5-6-8-22(20)30-4)26-13-11-25(12-14-26)16-18-15-19(28-2)9-10-21(18)29-3/h5-10,15,17H,11-14,16H2,1-4H3,(H,24,27)/p+2/t17-/m1/s1. The Hall–Kier alpha value is -2.77. The zero-order valence-electron chi connectivity index (χ0n) is 18.3. The molecule has 1 atom stereocenters. The number of quaternary nitrogens is 2. The molecule has 1 fully saturated rings. The van der Waals surface area contributed by atoms with Crippen LogP contribution in [0.4, 0.5) is 5.69 Å². The zero-order valence-corrected chi connectivity index (χ0v) is 18.3. The molecule has 3 rings (SSSR count).